The topological polar surface area (TPSA) is 60.5 Å². The molecule has 0 saturated heterocycles. The first-order chi connectivity index (χ1) is 11.1. The minimum absolute atomic E-state index is 0.179. The quantitative estimate of drug-likeness (QED) is 0.860. The maximum Gasteiger partial charge on any atom is 0.244 e. The zero-order valence-corrected chi connectivity index (χ0v) is 14.0. The zero-order chi connectivity index (χ0) is 16.2. The number of fused-ring (bicyclic) bond motifs is 1. The molecule has 7 heteroatoms. The summed E-state index contributed by atoms with van der Waals surface area (Å²) < 4.78 is 11.0. The summed E-state index contributed by atoms with van der Waals surface area (Å²) in [6.45, 7) is 3.38. The molecule has 23 heavy (non-hydrogen) atoms. The van der Waals surface area contributed by atoms with Gasteiger partial charge in [0.1, 0.15) is 13.2 Å². The van der Waals surface area contributed by atoms with Crippen LogP contribution in [-0.2, 0) is 11.3 Å². The summed E-state index contributed by atoms with van der Waals surface area (Å²) in [7, 11) is 0. The predicted molar refractivity (Wildman–Crippen MR) is 90.2 cm³/mol. The molecular weight excluding hydrogens is 336 g/mol. The van der Waals surface area contributed by atoms with E-state index in [0.717, 1.165) is 15.4 Å². The van der Waals surface area contributed by atoms with Crippen LogP contribution in [0, 0.1) is 6.92 Å². The monoisotopic (exact) mass is 350 g/mol. The van der Waals surface area contributed by atoms with Crippen LogP contribution in [0.25, 0.3) is 6.08 Å². The van der Waals surface area contributed by atoms with E-state index in [2.05, 4.69) is 10.3 Å². The van der Waals surface area contributed by atoms with Gasteiger partial charge in [-0.2, -0.15) is 0 Å². The molecule has 2 heterocycles. The van der Waals surface area contributed by atoms with Gasteiger partial charge < -0.3 is 14.8 Å². The van der Waals surface area contributed by atoms with Gasteiger partial charge in [-0.25, -0.2) is 4.98 Å². The molecule has 1 aromatic carbocycles. The third-order valence-corrected chi connectivity index (χ3v) is 4.35. The van der Waals surface area contributed by atoms with E-state index in [-0.39, 0.29) is 5.91 Å². The highest BCUT2D eigenvalue weighted by Gasteiger charge is 2.15. The molecular formula is C16H15ClN2O3S. The van der Waals surface area contributed by atoms with Gasteiger partial charge in [0.05, 0.1) is 16.6 Å². The number of rotatable bonds is 4. The lowest BCUT2D eigenvalue weighted by Crippen LogP contribution is -2.19. The fourth-order valence-electron chi connectivity index (χ4n) is 2.12. The van der Waals surface area contributed by atoms with Gasteiger partial charge in [0.2, 0.25) is 5.91 Å². The molecule has 1 aliphatic heterocycles. The first-order valence-electron chi connectivity index (χ1n) is 7.08. The predicted octanol–water partition coefficient (Wildman–Crippen LogP) is 3.21. The normalized spacial score (nSPS) is 13.3. The summed E-state index contributed by atoms with van der Waals surface area (Å²) >= 11 is 7.72. The average Bonchev–Trinajstić information content (AvgIpc) is 2.96. The third kappa shape index (κ3) is 4.03. The Bertz CT molecular complexity index is 758. The molecule has 0 unspecified atom stereocenters. The smallest absolute Gasteiger partial charge is 0.244 e. The van der Waals surface area contributed by atoms with Crippen molar-refractivity contribution in [1.29, 1.82) is 0 Å². The van der Waals surface area contributed by atoms with E-state index < -0.39 is 0 Å². The van der Waals surface area contributed by atoms with Crippen molar-refractivity contribution in [3.8, 4) is 11.5 Å². The Kier molecular flexibility index (Phi) is 4.83. The molecule has 2 aromatic rings. The Balaban J connectivity index is 1.63. The molecule has 0 fully saturated rings. The Labute approximate surface area is 142 Å². The van der Waals surface area contributed by atoms with Gasteiger partial charge >= 0.3 is 0 Å². The largest absolute Gasteiger partial charge is 0.486 e. The van der Waals surface area contributed by atoms with Crippen molar-refractivity contribution in [1.82, 2.24) is 10.3 Å². The Morgan fingerprint density at radius 3 is 3.04 bits per heavy atom. The summed E-state index contributed by atoms with van der Waals surface area (Å²) in [5, 5.41) is 4.27. The number of halogens is 1. The van der Waals surface area contributed by atoms with Crippen molar-refractivity contribution >= 4 is 34.9 Å². The number of nitrogens with zero attached hydrogens (tertiary/aromatic N) is 1. The third-order valence-electron chi connectivity index (χ3n) is 3.15. The van der Waals surface area contributed by atoms with Crippen molar-refractivity contribution in [3.63, 3.8) is 0 Å². The van der Waals surface area contributed by atoms with E-state index >= 15 is 0 Å². The number of aromatic nitrogens is 1. The van der Waals surface area contributed by atoms with E-state index in [0.29, 0.717) is 36.3 Å². The van der Waals surface area contributed by atoms with Crippen LogP contribution in [0.4, 0.5) is 0 Å². The Hall–Kier alpha value is -2.05. The van der Waals surface area contributed by atoms with Gasteiger partial charge in [-0.1, -0.05) is 11.6 Å². The molecule has 120 valence electrons. The van der Waals surface area contributed by atoms with Gasteiger partial charge in [0.15, 0.2) is 11.5 Å². The number of thiazole rings is 1. The minimum Gasteiger partial charge on any atom is -0.486 e. The van der Waals surface area contributed by atoms with Crippen LogP contribution in [0.2, 0.25) is 5.02 Å². The lowest BCUT2D eigenvalue weighted by Gasteiger charge is -2.19. The van der Waals surface area contributed by atoms with Crippen LogP contribution in [0.15, 0.2) is 24.4 Å². The van der Waals surface area contributed by atoms with Crippen LogP contribution in [-0.4, -0.2) is 24.1 Å². The summed E-state index contributed by atoms with van der Waals surface area (Å²) in [6.07, 6.45) is 4.93. The fourth-order valence-corrected chi connectivity index (χ4v) is 3.13. The van der Waals surface area contributed by atoms with E-state index in [1.54, 1.807) is 35.7 Å². The van der Waals surface area contributed by atoms with E-state index in [4.69, 9.17) is 21.1 Å². The molecule has 0 aliphatic carbocycles. The fraction of sp³-hybridized carbons (Fsp3) is 0.250. The molecule has 0 saturated carbocycles. The number of amides is 1. The molecule has 3 rings (SSSR count). The Morgan fingerprint density at radius 1 is 1.43 bits per heavy atom. The number of aryl methyl sites for hydroxylation is 1. The molecule has 1 aliphatic rings. The lowest BCUT2D eigenvalue weighted by atomic mass is 10.1. The summed E-state index contributed by atoms with van der Waals surface area (Å²) in [5.41, 5.74) is 0.781. The highest BCUT2D eigenvalue weighted by Crippen LogP contribution is 2.38. The van der Waals surface area contributed by atoms with Crippen LogP contribution < -0.4 is 14.8 Å². The van der Waals surface area contributed by atoms with E-state index in [1.165, 1.54) is 6.08 Å². The van der Waals surface area contributed by atoms with E-state index in [9.17, 15) is 4.79 Å². The van der Waals surface area contributed by atoms with Crippen LogP contribution in [0.5, 0.6) is 11.5 Å². The molecule has 1 amide bonds. The number of ether oxygens (including phenoxy) is 2. The standard InChI is InChI=1S/C16H15ClN2O3S/c1-10-18-8-12(23-10)9-19-15(20)3-2-11-6-13(17)16-14(7-11)21-4-5-22-16/h2-3,6-8H,4-5,9H2,1H3,(H,19,20). The second-order valence-corrected chi connectivity index (χ2v) is 6.65. The summed E-state index contributed by atoms with van der Waals surface area (Å²) in [4.78, 5) is 17.0. The minimum atomic E-state index is -0.179. The maximum atomic E-state index is 11.9. The second kappa shape index (κ2) is 7.02. The highest BCUT2D eigenvalue weighted by atomic mass is 35.5. The van der Waals surface area contributed by atoms with Crippen LogP contribution in [0.3, 0.4) is 0 Å². The number of nitrogens with one attached hydrogen (secondary N) is 1. The lowest BCUT2D eigenvalue weighted by molar-refractivity contribution is -0.116. The number of carbonyl (C=O) groups excluding carboxylic acids is 1. The van der Waals surface area contributed by atoms with Gasteiger partial charge in [0.25, 0.3) is 0 Å². The molecule has 1 aromatic heterocycles. The van der Waals surface area contributed by atoms with Crippen LogP contribution >= 0.6 is 22.9 Å². The first kappa shape index (κ1) is 15.8. The van der Waals surface area contributed by atoms with Gasteiger partial charge in [0, 0.05) is 17.2 Å². The first-order valence-corrected chi connectivity index (χ1v) is 8.27. The molecule has 0 atom stereocenters. The summed E-state index contributed by atoms with van der Waals surface area (Å²) in [6, 6.07) is 3.54. The highest BCUT2D eigenvalue weighted by molar-refractivity contribution is 7.11. The number of hydrogen-bond acceptors (Lipinski definition) is 5. The number of carbonyl (C=O) groups is 1. The van der Waals surface area contributed by atoms with Crippen molar-refractivity contribution in [2.45, 2.75) is 13.5 Å². The molecule has 0 spiro atoms. The van der Waals surface area contributed by atoms with Gasteiger partial charge in [-0.05, 0) is 30.7 Å². The number of benzene rings is 1. The Morgan fingerprint density at radius 2 is 2.26 bits per heavy atom. The van der Waals surface area contributed by atoms with Crippen LogP contribution in [0.1, 0.15) is 15.4 Å². The average molecular weight is 351 g/mol. The van der Waals surface area contributed by atoms with Crippen molar-refractivity contribution in [2.24, 2.45) is 0 Å². The summed E-state index contributed by atoms with van der Waals surface area (Å²) in [5.74, 6) is 0.978. The van der Waals surface area contributed by atoms with Crippen molar-refractivity contribution in [3.05, 3.63) is 44.9 Å². The zero-order valence-electron chi connectivity index (χ0n) is 12.5. The van der Waals surface area contributed by atoms with Crippen molar-refractivity contribution < 1.29 is 14.3 Å². The van der Waals surface area contributed by atoms with Gasteiger partial charge in [-0.15, -0.1) is 11.3 Å². The number of hydrogen-bond donors (Lipinski definition) is 1. The van der Waals surface area contributed by atoms with Gasteiger partial charge in [-0.3, -0.25) is 4.79 Å². The molecule has 0 radical (unpaired) electrons. The molecule has 5 nitrogen and oxygen atoms in total. The molecule has 1 N–H and O–H groups in total. The van der Waals surface area contributed by atoms with E-state index in [1.807, 2.05) is 6.92 Å². The van der Waals surface area contributed by atoms with Crippen molar-refractivity contribution in [2.75, 3.05) is 13.2 Å². The SMILES string of the molecule is Cc1ncc(CNC(=O)C=Cc2cc(Cl)c3c(c2)OCCO3)s1. The molecule has 0 bridgehead atoms. The maximum absolute atomic E-state index is 11.9. The second-order valence-electron chi connectivity index (χ2n) is 4.92.